The van der Waals surface area contributed by atoms with Crippen molar-refractivity contribution < 1.29 is 9.53 Å². The summed E-state index contributed by atoms with van der Waals surface area (Å²) < 4.78 is 5.14. The minimum Gasteiger partial charge on any atom is -0.497 e. The second kappa shape index (κ2) is 7.86. The molecule has 0 unspecified atom stereocenters. The lowest BCUT2D eigenvalue weighted by molar-refractivity contribution is -0.121. The summed E-state index contributed by atoms with van der Waals surface area (Å²) >= 11 is 0. The van der Waals surface area contributed by atoms with Gasteiger partial charge in [0.15, 0.2) is 0 Å². The lowest BCUT2D eigenvalue weighted by atomic mass is 10.0. The highest BCUT2D eigenvalue weighted by Crippen LogP contribution is 2.19. The monoisotopic (exact) mass is 324 g/mol. The minimum atomic E-state index is 0.0957. The molecule has 2 aromatic rings. The molecule has 2 aromatic carbocycles. The van der Waals surface area contributed by atoms with E-state index >= 15 is 0 Å². The van der Waals surface area contributed by atoms with Crippen LogP contribution in [0.5, 0.6) is 5.75 Å². The summed E-state index contributed by atoms with van der Waals surface area (Å²) in [6, 6.07) is 18.4. The van der Waals surface area contributed by atoms with Gasteiger partial charge in [0.2, 0.25) is 5.91 Å². The molecular weight excluding hydrogens is 300 g/mol. The maximum atomic E-state index is 12.2. The number of nitrogens with zero attached hydrogens (tertiary/aromatic N) is 1. The van der Waals surface area contributed by atoms with E-state index in [0.717, 1.165) is 37.2 Å². The van der Waals surface area contributed by atoms with Gasteiger partial charge in [0.25, 0.3) is 0 Å². The average Bonchev–Trinajstić information content (AvgIpc) is 2.64. The predicted molar refractivity (Wildman–Crippen MR) is 96.5 cm³/mol. The lowest BCUT2D eigenvalue weighted by Crippen LogP contribution is -2.45. The molecule has 0 radical (unpaired) electrons. The lowest BCUT2D eigenvalue weighted by Gasteiger charge is -2.34. The van der Waals surface area contributed by atoms with Crippen molar-refractivity contribution in [1.29, 1.82) is 0 Å². The van der Waals surface area contributed by atoms with Crippen molar-refractivity contribution in [1.82, 2.24) is 5.32 Å². The van der Waals surface area contributed by atoms with Crippen LogP contribution in [-0.4, -0.2) is 32.1 Å². The van der Waals surface area contributed by atoms with Gasteiger partial charge in [0.05, 0.1) is 13.5 Å². The second-order valence-electron chi connectivity index (χ2n) is 6.19. The second-order valence-corrected chi connectivity index (χ2v) is 6.19. The Hall–Kier alpha value is -2.49. The minimum absolute atomic E-state index is 0.0957. The van der Waals surface area contributed by atoms with Gasteiger partial charge in [0, 0.05) is 24.8 Å². The number of para-hydroxylation sites is 1. The Morgan fingerprint density at radius 3 is 2.38 bits per heavy atom. The van der Waals surface area contributed by atoms with Gasteiger partial charge < -0.3 is 15.0 Å². The molecule has 4 nitrogen and oxygen atoms in total. The number of anilines is 1. The first kappa shape index (κ1) is 16.4. The Balaban J connectivity index is 1.46. The average molecular weight is 324 g/mol. The van der Waals surface area contributed by atoms with Crippen molar-refractivity contribution in [2.24, 2.45) is 0 Å². The third-order valence-corrected chi connectivity index (χ3v) is 4.51. The summed E-state index contributed by atoms with van der Waals surface area (Å²) in [5.74, 6) is 0.908. The van der Waals surface area contributed by atoms with Gasteiger partial charge in [0.1, 0.15) is 5.75 Å². The molecule has 1 amide bonds. The molecule has 24 heavy (non-hydrogen) atoms. The van der Waals surface area contributed by atoms with E-state index in [9.17, 15) is 4.79 Å². The van der Waals surface area contributed by atoms with Gasteiger partial charge in [-0.3, -0.25) is 4.79 Å². The summed E-state index contributed by atoms with van der Waals surface area (Å²) in [5.41, 5.74) is 2.27. The molecule has 0 atom stereocenters. The van der Waals surface area contributed by atoms with E-state index in [2.05, 4.69) is 34.5 Å². The fraction of sp³-hybridized carbons (Fsp3) is 0.350. The first-order valence-electron chi connectivity index (χ1n) is 8.47. The van der Waals surface area contributed by atoms with E-state index in [4.69, 9.17) is 4.74 Å². The maximum absolute atomic E-state index is 12.2. The van der Waals surface area contributed by atoms with Crippen LogP contribution >= 0.6 is 0 Å². The first-order valence-corrected chi connectivity index (χ1v) is 8.47. The fourth-order valence-electron chi connectivity index (χ4n) is 3.13. The molecule has 3 rings (SSSR count). The first-order chi connectivity index (χ1) is 11.7. The molecule has 1 fully saturated rings. The summed E-state index contributed by atoms with van der Waals surface area (Å²) in [7, 11) is 1.64. The zero-order valence-electron chi connectivity index (χ0n) is 14.1. The van der Waals surface area contributed by atoms with E-state index in [1.807, 2.05) is 30.3 Å². The number of methoxy groups -OCH3 is 1. The molecule has 1 N–H and O–H groups in total. The number of carbonyl (C=O) groups is 1. The molecule has 0 bridgehead atoms. The SMILES string of the molecule is COc1ccc(CC(=O)NC2CCN(c3ccccc3)CC2)cc1. The zero-order valence-corrected chi connectivity index (χ0v) is 14.1. The van der Waals surface area contributed by atoms with Crippen LogP contribution < -0.4 is 15.0 Å². The molecule has 1 aliphatic rings. The molecule has 0 saturated carbocycles. The quantitative estimate of drug-likeness (QED) is 0.919. The van der Waals surface area contributed by atoms with E-state index in [1.54, 1.807) is 7.11 Å². The molecule has 0 aliphatic carbocycles. The number of amides is 1. The number of ether oxygens (including phenoxy) is 1. The normalized spacial score (nSPS) is 15.1. The molecular formula is C20H24N2O2. The summed E-state index contributed by atoms with van der Waals surface area (Å²) in [6.07, 6.45) is 2.40. The van der Waals surface area contributed by atoms with Crippen LogP contribution in [0, 0.1) is 0 Å². The highest BCUT2D eigenvalue weighted by Gasteiger charge is 2.20. The topological polar surface area (TPSA) is 41.6 Å². The number of benzene rings is 2. The molecule has 0 spiro atoms. The van der Waals surface area contributed by atoms with Crippen LogP contribution in [0.3, 0.4) is 0 Å². The van der Waals surface area contributed by atoms with Crippen LogP contribution in [0.25, 0.3) is 0 Å². The van der Waals surface area contributed by atoms with Crippen LogP contribution in [0.4, 0.5) is 5.69 Å². The van der Waals surface area contributed by atoms with E-state index < -0.39 is 0 Å². The van der Waals surface area contributed by atoms with Crippen molar-refractivity contribution in [2.45, 2.75) is 25.3 Å². The highest BCUT2D eigenvalue weighted by molar-refractivity contribution is 5.78. The molecule has 1 saturated heterocycles. The zero-order chi connectivity index (χ0) is 16.8. The summed E-state index contributed by atoms with van der Waals surface area (Å²) in [4.78, 5) is 14.6. The van der Waals surface area contributed by atoms with Crippen molar-refractivity contribution in [3.63, 3.8) is 0 Å². The van der Waals surface area contributed by atoms with Gasteiger partial charge in [-0.05, 0) is 42.7 Å². The number of hydrogen-bond donors (Lipinski definition) is 1. The van der Waals surface area contributed by atoms with E-state index in [0.29, 0.717) is 6.42 Å². The van der Waals surface area contributed by atoms with Gasteiger partial charge in [-0.15, -0.1) is 0 Å². The Bertz CT molecular complexity index is 647. The van der Waals surface area contributed by atoms with Gasteiger partial charge in [-0.2, -0.15) is 0 Å². The van der Waals surface area contributed by atoms with Crippen molar-refractivity contribution in [2.75, 3.05) is 25.1 Å². The number of carbonyl (C=O) groups excluding carboxylic acids is 1. The smallest absolute Gasteiger partial charge is 0.224 e. The number of nitrogens with one attached hydrogen (secondary N) is 1. The predicted octanol–water partition coefficient (Wildman–Crippen LogP) is 3.02. The van der Waals surface area contributed by atoms with E-state index in [1.165, 1.54) is 5.69 Å². The van der Waals surface area contributed by atoms with Crippen molar-refractivity contribution >= 4 is 11.6 Å². The largest absolute Gasteiger partial charge is 0.497 e. The Morgan fingerprint density at radius 2 is 1.75 bits per heavy atom. The number of piperidine rings is 1. The van der Waals surface area contributed by atoms with Crippen LogP contribution in [-0.2, 0) is 11.2 Å². The third-order valence-electron chi connectivity index (χ3n) is 4.51. The highest BCUT2D eigenvalue weighted by atomic mass is 16.5. The van der Waals surface area contributed by atoms with Gasteiger partial charge in [-0.25, -0.2) is 0 Å². The fourth-order valence-corrected chi connectivity index (χ4v) is 3.13. The molecule has 126 valence electrons. The van der Waals surface area contributed by atoms with Gasteiger partial charge >= 0.3 is 0 Å². The maximum Gasteiger partial charge on any atom is 0.224 e. The Labute approximate surface area is 143 Å². The van der Waals surface area contributed by atoms with Crippen LogP contribution in [0.1, 0.15) is 18.4 Å². The third kappa shape index (κ3) is 4.28. The van der Waals surface area contributed by atoms with Crippen molar-refractivity contribution in [3.8, 4) is 5.75 Å². The van der Waals surface area contributed by atoms with Crippen LogP contribution in [0.2, 0.25) is 0 Å². The van der Waals surface area contributed by atoms with E-state index in [-0.39, 0.29) is 11.9 Å². The molecule has 0 aromatic heterocycles. The molecule has 1 aliphatic heterocycles. The molecule has 4 heteroatoms. The van der Waals surface area contributed by atoms with Crippen molar-refractivity contribution in [3.05, 3.63) is 60.2 Å². The number of hydrogen-bond acceptors (Lipinski definition) is 3. The van der Waals surface area contributed by atoms with Crippen LogP contribution in [0.15, 0.2) is 54.6 Å². The Morgan fingerprint density at radius 1 is 1.08 bits per heavy atom. The standard InChI is InChI=1S/C20H24N2O2/c1-24-19-9-7-16(8-10-19)15-20(23)21-17-11-13-22(14-12-17)18-5-3-2-4-6-18/h2-10,17H,11-15H2,1H3,(H,21,23). The summed E-state index contributed by atoms with van der Waals surface area (Å²) in [6.45, 7) is 1.97. The van der Waals surface area contributed by atoms with Gasteiger partial charge in [-0.1, -0.05) is 30.3 Å². The summed E-state index contributed by atoms with van der Waals surface area (Å²) in [5, 5.41) is 3.17. The molecule has 1 heterocycles. The number of rotatable bonds is 5. The Kier molecular flexibility index (Phi) is 5.36.